The molecule has 2 aromatic carbocycles. The monoisotopic (exact) mass is 565 g/mol. The van der Waals surface area contributed by atoms with Gasteiger partial charge in [-0.2, -0.15) is 0 Å². The molecule has 1 atom stereocenters. The molecule has 6 heteroatoms. The molecule has 0 heterocycles. The Morgan fingerprint density at radius 3 is 2.32 bits per heavy atom. The summed E-state index contributed by atoms with van der Waals surface area (Å²) in [5.74, 6) is 4.37. The second-order valence-electron chi connectivity index (χ2n) is 10.7. The molecule has 0 saturated heterocycles. The molecule has 4 bridgehead atoms. The van der Waals surface area contributed by atoms with E-state index in [-0.39, 0.29) is 0 Å². The molecule has 3 nitrogen and oxygen atoms in total. The van der Waals surface area contributed by atoms with Crippen molar-refractivity contribution in [2.75, 3.05) is 6.61 Å². The van der Waals surface area contributed by atoms with Crippen molar-refractivity contribution in [2.45, 2.75) is 71.6 Å². The number of hydrogen-bond donors (Lipinski definition) is 1. The third-order valence-electron chi connectivity index (χ3n) is 8.37. The molecule has 1 N–H and O–H groups in total. The molecular weight excluding hydrogens is 533 g/mol. The Morgan fingerprint density at radius 1 is 1.03 bits per heavy atom. The van der Waals surface area contributed by atoms with E-state index < -0.39 is 0 Å². The summed E-state index contributed by atoms with van der Waals surface area (Å²) in [6.07, 6.45) is 8.71. The van der Waals surface area contributed by atoms with Gasteiger partial charge in [0.15, 0.2) is 11.5 Å². The molecule has 4 fully saturated rings. The van der Waals surface area contributed by atoms with Crippen molar-refractivity contribution < 1.29 is 9.47 Å². The van der Waals surface area contributed by atoms with Crippen LogP contribution in [0.5, 0.6) is 11.5 Å². The van der Waals surface area contributed by atoms with Crippen molar-refractivity contribution in [3.05, 3.63) is 56.0 Å². The van der Waals surface area contributed by atoms with Crippen molar-refractivity contribution in [1.29, 1.82) is 0 Å². The Balaban J connectivity index is 1.27. The van der Waals surface area contributed by atoms with Gasteiger partial charge in [0.25, 0.3) is 0 Å². The lowest BCUT2D eigenvalue weighted by molar-refractivity contribution is -0.0706. The number of hydrogen-bond acceptors (Lipinski definition) is 3. The van der Waals surface area contributed by atoms with Gasteiger partial charge in [-0.05, 0) is 121 Å². The molecule has 0 radical (unpaired) electrons. The minimum Gasteiger partial charge on any atom is -0.490 e. The summed E-state index contributed by atoms with van der Waals surface area (Å²) < 4.78 is 13.0. The van der Waals surface area contributed by atoms with Crippen LogP contribution in [-0.4, -0.2) is 12.6 Å². The molecule has 4 aliphatic carbocycles. The van der Waals surface area contributed by atoms with Gasteiger partial charge in [-0.15, -0.1) is 0 Å². The Hall–Kier alpha value is -0.940. The predicted octanol–water partition coefficient (Wildman–Crippen LogP) is 8.43. The van der Waals surface area contributed by atoms with Crippen LogP contribution in [0.4, 0.5) is 0 Å². The highest BCUT2D eigenvalue weighted by molar-refractivity contribution is 9.10. The van der Waals surface area contributed by atoms with Crippen LogP contribution in [0.15, 0.2) is 34.8 Å². The number of rotatable bonds is 9. The van der Waals surface area contributed by atoms with Crippen LogP contribution in [0.25, 0.3) is 0 Å². The van der Waals surface area contributed by atoms with Crippen molar-refractivity contribution >= 4 is 39.1 Å². The van der Waals surface area contributed by atoms with Crippen LogP contribution in [0.2, 0.25) is 10.0 Å². The fourth-order valence-electron chi connectivity index (χ4n) is 7.11. The van der Waals surface area contributed by atoms with Crippen molar-refractivity contribution in [1.82, 2.24) is 5.32 Å². The standard InChI is InChI=1S/C28H34BrCl2NO2/c1-3-33-26-10-21(9-24(29)27(26)34-16-22-4-5-23(30)11-25(22)31)15-32-17(2)28-12-18-6-19(13-28)8-20(7-18)14-28/h4-5,9-11,17-20,32H,3,6-8,12-16H2,1-2H3. The van der Waals surface area contributed by atoms with Crippen LogP contribution >= 0.6 is 39.1 Å². The molecule has 6 rings (SSSR count). The summed E-state index contributed by atoms with van der Waals surface area (Å²) in [5, 5.41) is 5.11. The van der Waals surface area contributed by atoms with Crippen LogP contribution in [0, 0.1) is 23.2 Å². The zero-order valence-corrected chi connectivity index (χ0v) is 23.1. The number of ether oxygens (including phenoxy) is 2. The largest absolute Gasteiger partial charge is 0.490 e. The van der Waals surface area contributed by atoms with Gasteiger partial charge in [-0.3, -0.25) is 0 Å². The molecule has 34 heavy (non-hydrogen) atoms. The maximum absolute atomic E-state index is 6.33. The summed E-state index contributed by atoms with van der Waals surface area (Å²) in [6.45, 7) is 6.15. The Labute approximate surface area is 222 Å². The maximum Gasteiger partial charge on any atom is 0.175 e. The predicted molar refractivity (Wildman–Crippen MR) is 143 cm³/mol. The fraction of sp³-hybridized carbons (Fsp3) is 0.571. The van der Waals surface area contributed by atoms with Crippen LogP contribution < -0.4 is 14.8 Å². The van der Waals surface area contributed by atoms with Gasteiger partial charge in [0.2, 0.25) is 0 Å². The van der Waals surface area contributed by atoms with E-state index in [2.05, 4.69) is 40.3 Å². The first-order chi connectivity index (χ1) is 16.3. The molecule has 0 spiro atoms. The Bertz CT molecular complexity index is 1010. The zero-order chi connectivity index (χ0) is 23.9. The highest BCUT2D eigenvalue weighted by atomic mass is 79.9. The third-order valence-corrected chi connectivity index (χ3v) is 9.55. The van der Waals surface area contributed by atoms with Crippen LogP contribution in [0.3, 0.4) is 0 Å². The summed E-state index contributed by atoms with van der Waals surface area (Å²) >= 11 is 16.1. The van der Waals surface area contributed by atoms with Gasteiger partial charge in [0, 0.05) is 28.2 Å². The molecular formula is C28H34BrCl2NO2. The number of halogens is 3. The lowest BCUT2D eigenvalue weighted by Gasteiger charge is -2.59. The highest BCUT2D eigenvalue weighted by Crippen LogP contribution is 2.61. The van der Waals surface area contributed by atoms with E-state index in [1.165, 1.54) is 44.1 Å². The quantitative estimate of drug-likeness (QED) is 0.330. The molecule has 0 aliphatic heterocycles. The van der Waals surface area contributed by atoms with Crippen LogP contribution in [0.1, 0.15) is 63.5 Å². The second kappa shape index (κ2) is 10.2. The number of benzene rings is 2. The van der Waals surface area contributed by atoms with E-state index in [0.717, 1.165) is 40.1 Å². The lowest BCUT2D eigenvalue weighted by Crippen LogP contribution is -2.54. The molecule has 4 aliphatic rings. The minimum absolute atomic E-state index is 0.343. The first-order valence-corrected chi connectivity index (χ1v) is 14.2. The summed E-state index contributed by atoms with van der Waals surface area (Å²) in [5.41, 5.74) is 2.58. The van der Waals surface area contributed by atoms with Gasteiger partial charge in [0.05, 0.1) is 11.1 Å². The van der Waals surface area contributed by atoms with E-state index in [1.807, 2.05) is 19.1 Å². The normalized spacial score (nSPS) is 28.2. The van der Waals surface area contributed by atoms with Gasteiger partial charge in [-0.25, -0.2) is 0 Å². The van der Waals surface area contributed by atoms with Gasteiger partial charge in [-0.1, -0.05) is 29.3 Å². The Morgan fingerprint density at radius 2 is 1.71 bits per heavy atom. The SMILES string of the molecule is CCOc1cc(CNC(C)C23CC4CC(CC(C4)C2)C3)cc(Br)c1OCc1ccc(Cl)cc1Cl. The molecule has 0 aromatic heterocycles. The van der Waals surface area contributed by atoms with E-state index in [9.17, 15) is 0 Å². The first kappa shape index (κ1) is 24.7. The zero-order valence-electron chi connectivity index (χ0n) is 20.0. The first-order valence-electron chi connectivity index (χ1n) is 12.6. The molecule has 1 unspecified atom stereocenters. The van der Waals surface area contributed by atoms with Gasteiger partial charge < -0.3 is 14.8 Å². The van der Waals surface area contributed by atoms with E-state index in [0.29, 0.717) is 40.5 Å². The number of nitrogens with one attached hydrogen (secondary N) is 1. The smallest absolute Gasteiger partial charge is 0.175 e. The second-order valence-corrected chi connectivity index (χ2v) is 12.4. The fourth-order valence-corrected chi connectivity index (χ4v) is 8.18. The molecule has 184 valence electrons. The maximum atomic E-state index is 6.33. The lowest BCUT2D eigenvalue weighted by atomic mass is 9.48. The van der Waals surface area contributed by atoms with Crippen molar-refractivity contribution in [3.63, 3.8) is 0 Å². The average Bonchev–Trinajstić information content (AvgIpc) is 2.77. The van der Waals surface area contributed by atoms with Crippen LogP contribution in [-0.2, 0) is 13.2 Å². The van der Waals surface area contributed by atoms with Crippen molar-refractivity contribution in [3.8, 4) is 11.5 Å². The van der Waals surface area contributed by atoms with E-state index in [1.54, 1.807) is 6.07 Å². The van der Waals surface area contributed by atoms with Crippen molar-refractivity contribution in [2.24, 2.45) is 23.2 Å². The molecule has 0 amide bonds. The van der Waals surface area contributed by atoms with E-state index in [4.69, 9.17) is 32.7 Å². The Kier molecular flexibility index (Phi) is 7.42. The average molecular weight is 567 g/mol. The van der Waals surface area contributed by atoms with Gasteiger partial charge >= 0.3 is 0 Å². The minimum atomic E-state index is 0.343. The summed E-state index contributed by atoms with van der Waals surface area (Å²) in [4.78, 5) is 0. The molecule has 4 saturated carbocycles. The topological polar surface area (TPSA) is 30.5 Å². The van der Waals surface area contributed by atoms with Gasteiger partial charge in [0.1, 0.15) is 6.61 Å². The van der Waals surface area contributed by atoms with E-state index >= 15 is 0 Å². The highest BCUT2D eigenvalue weighted by Gasteiger charge is 2.52. The summed E-state index contributed by atoms with van der Waals surface area (Å²) in [6, 6.07) is 10.2. The molecule has 2 aromatic rings. The third kappa shape index (κ3) is 5.12. The summed E-state index contributed by atoms with van der Waals surface area (Å²) in [7, 11) is 0.